The Bertz CT molecular complexity index is 497. The van der Waals surface area contributed by atoms with E-state index >= 15 is 0 Å². The van der Waals surface area contributed by atoms with Gasteiger partial charge in [-0.2, -0.15) is 0 Å². The summed E-state index contributed by atoms with van der Waals surface area (Å²) in [6, 6.07) is 3.57. The Labute approximate surface area is 117 Å². The van der Waals surface area contributed by atoms with Gasteiger partial charge in [-0.05, 0) is 24.0 Å². The molecule has 0 aromatic carbocycles. The molecule has 102 valence electrons. The van der Waals surface area contributed by atoms with Crippen molar-refractivity contribution in [2.75, 3.05) is 14.1 Å². The number of ketones is 1. The molecule has 0 saturated heterocycles. The van der Waals surface area contributed by atoms with E-state index in [1.807, 2.05) is 20.2 Å². The summed E-state index contributed by atoms with van der Waals surface area (Å²) in [7, 11) is 3.67. The summed E-state index contributed by atoms with van der Waals surface area (Å²) in [5.74, 6) is -0.000945. The van der Waals surface area contributed by atoms with Gasteiger partial charge in [0.25, 0.3) is 0 Å². The lowest BCUT2D eigenvalue weighted by Gasteiger charge is -2.28. The highest BCUT2D eigenvalue weighted by Gasteiger charge is 2.31. The largest absolute Gasteiger partial charge is 0.388 e. The highest BCUT2D eigenvalue weighted by molar-refractivity contribution is 6.29. The summed E-state index contributed by atoms with van der Waals surface area (Å²) in [6.07, 6.45) is 3.59. The molecule has 1 N–H and O–H groups in total. The molecule has 2 atom stereocenters. The zero-order valence-corrected chi connectivity index (χ0v) is 11.8. The highest BCUT2D eigenvalue weighted by atomic mass is 35.5. The molecule has 1 aliphatic rings. The van der Waals surface area contributed by atoms with Crippen molar-refractivity contribution in [2.24, 2.45) is 0 Å². The summed E-state index contributed by atoms with van der Waals surface area (Å²) < 4.78 is 0. The summed E-state index contributed by atoms with van der Waals surface area (Å²) in [6.45, 7) is 0. The SMILES string of the molecule is CN(C)/C=C1/C(=O)CC(c2ccc(Cl)nc2)CC1O. The van der Waals surface area contributed by atoms with Gasteiger partial charge in [0.15, 0.2) is 5.78 Å². The molecule has 0 radical (unpaired) electrons. The van der Waals surface area contributed by atoms with E-state index in [1.165, 1.54) is 0 Å². The molecule has 0 bridgehead atoms. The predicted molar refractivity (Wildman–Crippen MR) is 74.0 cm³/mol. The third kappa shape index (κ3) is 3.33. The molecule has 2 unspecified atom stereocenters. The summed E-state index contributed by atoms with van der Waals surface area (Å²) >= 11 is 5.75. The maximum atomic E-state index is 12.1. The van der Waals surface area contributed by atoms with Gasteiger partial charge in [0.05, 0.1) is 6.10 Å². The second-order valence-electron chi connectivity index (χ2n) is 5.04. The number of carbonyl (C=O) groups excluding carboxylic acids is 1. The fraction of sp³-hybridized carbons (Fsp3) is 0.429. The first-order chi connectivity index (χ1) is 8.97. The third-order valence-corrected chi connectivity index (χ3v) is 3.46. The van der Waals surface area contributed by atoms with Gasteiger partial charge in [0.2, 0.25) is 0 Å². The molecule has 1 saturated carbocycles. The van der Waals surface area contributed by atoms with Gasteiger partial charge in [0, 0.05) is 38.5 Å². The van der Waals surface area contributed by atoms with Crippen molar-refractivity contribution in [2.45, 2.75) is 24.9 Å². The minimum atomic E-state index is -0.718. The smallest absolute Gasteiger partial charge is 0.163 e. The normalized spacial score (nSPS) is 25.7. The molecule has 1 aliphatic carbocycles. The Hall–Kier alpha value is -1.39. The number of aliphatic hydroxyl groups is 1. The molecule has 1 aromatic heterocycles. The number of hydrogen-bond donors (Lipinski definition) is 1. The molecule has 0 amide bonds. The van der Waals surface area contributed by atoms with Gasteiger partial charge >= 0.3 is 0 Å². The van der Waals surface area contributed by atoms with E-state index in [0.717, 1.165) is 5.56 Å². The van der Waals surface area contributed by atoms with Crippen LogP contribution in [0.25, 0.3) is 0 Å². The average Bonchev–Trinajstić information content (AvgIpc) is 2.34. The van der Waals surface area contributed by atoms with E-state index in [4.69, 9.17) is 11.6 Å². The standard InChI is InChI=1S/C14H17ClN2O2/c1-17(2)8-11-12(18)5-10(6-13(11)19)9-3-4-14(15)16-7-9/h3-4,7-8,10,12,18H,5-6H2,1-2H3/b11-8+. The first-order valence-electron chi connectivity index (χ1n) is 6.18. The molecule has 5 heteroatoms. The van der Waals surface area contributed by atoms with Crippen LogP contribution in [0.1, 0.15) is 24.3 Å². The van der Waals surface area contributed by atoms with Crippen LogP contribution in [0.3, 0.4) is 0 Å². The molecular weight excluding hydrogens is 264 g/mol. The Morgan fingerprint density at radius 2 is 2.21 bits per heavy atom. The fourth-order valence-corrected chi connectivity index (χ4v) is 2.44. The van der Waals surface area contributed by atoms with Crippen LogP contribution in [-0.4, -0.2) is 41.0 Å². The topological polar surface area (TPSA) is 53.4 Å². The van der Waals surface area contributed by atoms with Crippen molar-refractivity contribution < 1.29 is 9.90 Å². The first-order valence-corrected chi connectivity index (χ1v) is 6.56. The summed E-state index contributed by atoms with van der Waals surface area (Å²) in [5.41, 5.74) is 1.43. The van der Waals surface area contributed by atoms with E-state index in [0.29, 0.717) is 23.6 Å². The maximum absolute atomic E-state index is 12.1. The van der Waals surface area contributed by atoms with E-state index in [9.17, 15) is 9.90 Å². The van der Waals surface area contributed by atoms with Gasteiger partial charge in [-0.3, -0.25) is 4.79 Å². The Balaban J connectivity index is 2.17. The number of nitrogens with zero attached hydrogens (tertiary/aromatic N) is 2. The number of halogens is 1. The quantitative estimate of drug-likeness (QED) is 0.665. The van der Waals surface area contributed by atoms with Crippen molar-refractivity contribution in [3.63, 3.8) is 0 Å². The van der Waals surface area contributed by atoms with Crippen molar-refractivity contribution >= 4 is 17.4 Å². The molecule has 1 heterocycles. The van der Waals surface area contributed by atoms with Gasteiger partial charge in [-0.1, -0.05) is 17.7 Å². The second kappa shape index (κ2) is 5.72. The predicted octanol–water partition coefficient (Wildman–Crippen LogP) is 1.99. The monoisotopic (exact) mass is 280 g/mol. The van der Waals surface area contributed by atoms with Crippen molar-refractivity contribution in [1.29, 1.82) is 0 Å². The lowest BCUT2D eigenvalue weighted by Crippen LogP contribution is -2.30. The van der Waals surface area contributed by atoms with Gasteiger partial charge in [0.1, 0.15) is 5.15 Å². The van der Waals surface area contributed by atoms with Crippen LogP contribution >= 0.6 is 11.6 Å². The van der Waals surface area contributed by atoms with Crippen LogP contribution in [0.4, 0.5) is 0 Å². The van der Waals surface area contributed by atoms with Crippen LogP contribution in [-0.2, 0) is 4.79 Å². The average molecular weight is 281 g/mol. The highest BCUT2D eigenvalue weighted by Crippen LogP contribution is 2.33. The maximum Gasteiger partial charge on any atom is 0.163 e. The molecule has 19 heavy (non-hydrogen) atoms. The number of aromatic nitrogens is 1. The molecule has 4 nitrogen and oxygen atoms in total. The zero-order chi connectivity index (χ0) is 14.0. The Kier molecular flexibility index (Phi) is 4.22. The van der Waals surface area contributed by atoms with Crippen LogP contribution < -0.4 is 0 Å². The van der Waals surface area contributed by atoms with Crippen molar-refractivity contribution in [1.82, 2.24) is 9.88 Å². The summed E-state index contributed by atoms with van der Waals surface area (Å²) in [4.78, 5) is 17.9. The van der Waals surface area contributed by atoms with E-state index < -0.39 is 6.10 Å². The number of pyridine rings is 1. The lowest BCUT2D eigenvalue weighted by atomic mass is 9.80. The first kappa shape index (κ1) is 14.0. The van der Waals surface area contributed by atoms with Crippen LogP contribution in [0, 0.1) is 0 Å². The molecule has 1 aromatic rings. The fourth-order valence-electron chi connectivity index (χ4n) is 2.33. The Morgan fingerprint density at radius 1 is 1.47 bits per heavy atom. The third-order valence-electron chi connectivity index (χ3n) is 3.24. The van der Waals surface area contributed by atoms with E-state index in [2.05, 4.69) is 4.98 Å². The number of Topliss-reactive ketones (excluding diaryl/α,β-unsaturated/α-hetero) is 1. The number of aliphatic hydroxyl groups excluding tert-OH is 1. The van der Waals surface area contributed by atoms with Crippen LogP contribution in [0.15, 0.2) is 30.1 Å². The molecule has 1 fully saturated rings. The summed E-state index contributed by atoms with van der Waals surface area (Å²) in [5, 5.41) is 10.5. The van der Waals surface area contributed by atoms with Crippen molar-refractivity contribution in [3.05, 3.63) is 40.8 Å². The minimum absolute atomic E-state index is 0.00609. The van der Waals surface area contributed by atoms with Crippen molar-refractivity contribution in [3.8, 4) is 0 Å². The van der Waals surface area contributed by atoms with Gasteiger partial charge in [-0.15, -0.1) is 0 Å². The molecule has 0 spiro atoms. The number of rotatable bonds is 2. The van der Waals surface area contributed by atoms with Crippen LogP contribution in [0.2, 0.25) is 5.15 Å². The Morgan fingerprint density at radius 3 is 2.74 bits per heavy atom. The van der Waals surface area contributed by atoms with E-state index in [-0.39, 0.29) is 11.7 Å². The molecule has 2 rings (SSSR count). The van der Waals surface area contributed by atoms with Gasteiger partial charge < -0.3 is 10.0 Å². The lowest BCUT2D eigenvalue weighted by molar-refractivity contribution is -0.118. The minimum Gasteiger partial charge on any atom is -0.388 e. The number of hydrogen-bond acceptors (Lipinski definition) is 4. The second-order valence-corrected chi connectivity index (χ2v) is 5.43. The van der Waals surface area contributed by atoms with Gasteiger partial charge in [-0.25, -0.2) is 4.98 Å². The van der Waals surface area contributed by atoms with Crippen LogP contribution in [0.5, 0.6) is 0 Å². The molecule has 0 aliphatic heterocycles. The van der Waals surface area contributed by atoms with E-state index in [1.54, 1.807) is 23.4 Å². The molecular formula is C14H17ClN2O2. The zero-order valence-electron chi connectivity index (χ0n) is 11.0. The number of carbonyl (C=O) groups is 1.